The molecule has 0 saturated heterocycles. The first-order valence-electron chi connectivity index (χ1n) is 10.5. The van der Waals surface area contributed by atoms with E-state index in [2.05, 4.69) is 10.6 Å². The summed E-state index contributed by atoms with van der Waals surface area (Å²) >= 11 is 0. The van der Waals surface area contributed by atoms with Crippen LogP contribution < -0.4 is 15.4 Å². The third kappa shape index (κ3) is 5.30. The Labute approximate surface area is 192 Å². The molecule has 1 heterocycles. The summed E-state index contributed by atoms with van der Waals surface area (Å²) in [5, 5.41) is 5.86. The van der Waals surface area contributed by atoms with Gasteiger partial charge in [0.2, 0.25) is 0 Å². The van der Waals surface area contributed by atoms with Crippen molar-refractivity contribution in [1.29, 1.82) is 0 Å². The van der Waals surface area contributed by atoms with Crippen LogP contribution in [-0.4, -0.2) is 18.4 Å². The maximum absolute atomic E-state index is 12.9. The van der Waals surface area contributed by atoms with Gasteiger partial charge in [0.15, 0.2) is 12.4 Å². The molecule has 4 aromatic rings. The monoisotopic (exact) mass is 440 g/mol. The van der Waals surface area contributed by atoms with Gasteiger partial charge in [-0.1, -0.05) is 66.7 Å². The zero-order valence-corrected chi connectivity index (χ0v) is 18.2. The first kappa shape index (κ1) is 21.9. The van der Waals surface area contributed by atoms with Gasteiger partial charge in [-0.3, -0.25) is 9.59 Å². The highest BCUT2D eigenvalue weighted by atomic mass is 16.5. The molecular weight excluding hydrogens is 416 g/mol. The van der Waals surface area contributed by atoms with E-state index in [0.29, 0.717) is 11.4 Å². The highest BCUT2D eigenvalue weighted by Crippen LogP contribution is 2.29. The molecule has 6 nitrogen and oxygen atoms in total. The van der Waals surface area contributed by atoms with Crippen LogP contribution in [0.15, 0.2) is 108 Å². The van der Waals surface area contributed by atoms with Gasteiger partial charge in [0, 0.05) is 11.8 Å². The molecule has 0 aliphatic carbocycles. The second kappa shape index (κ2) is 9.87. The van der Waals surface area contributed by atoms with E-state index in [1.54, 1.807) is 36.4 Å². The standard InChI is InChI=1S/C27H24N2O4/c1-27(20-10-4-2-5-11-20,21-12-6-3-7-13-21)29-25(30)19-33-23-15-8-14-22(18-23)28-26(31)24-16-9-17-32-24/h2-18H,19H2,1H3,(H,28,31)(H,29,30). The van der Waals surface area contributed by atoms with Crippen molar-refractivity contribution in [2.24, 2.45) is 0 Å². The van der Waals surface area contributed by atoms with Crippen LogP contribution in [0.4, 0.5) is 5.69 Å². The molecule has 0 aliphatic rings. The Kier molecular flexibility index (Phi) is 6.55. The average molecular weight is 440 g/mol. The fourth-order valence-corrected chi connectivity index (χ4v) is 3.58. The van der Waals surface area contributed by atoms with Crippen LogP contribution >= 0.6 is 0 Å². The van der Waals surface area contributed by atoms with Crippen LogP contribution in [0.1, 0.15) is 28.6 Å². The van der Waals surface area contributed by atoms with Crippen LogP contribution in [-0.2, 0) is 10.3 Å². The van der Waals surface area contributed by atoms with E-state index in [4.69, 9.17) is 9.15 Å². The molecule has 0 radical (unpaired) electrons. The van der Waals surface area contributed by atoms with Crippen LogP contribution in [0, 0.1) is 0 Å². The van der Waals surface area contributed by atoms with Crippen molar-refractivity contribution >= 4 is 17.5 Å². The van der Waals surface area contributed by atoms with Crippen molar-refractivity contribution in [3.63, 3.8) is 0 Å². The summed E-state index contributed by atoms with van der Waals surface area (Å²) in [5.41, 5.74) is 1.74. The van der Waals surface area contributed by atoms with E-state index in [0.717, 1.165) is 11.1 Å². The minimum absolute atomic E-state index is 0.176. The second-order valence-corrected chi connectivity index (χ2v) is 7.65. The molecule has 2 amide bonds. The average Bonchev–Trinajstić information content (AvgIpc) is 3.39. The number of carbonyl (C=O) groups is 2. The number of nitrogens with one attached hydrogen (secondary N) is 2. The predicted molar refractivity (Wildman–Crippen MR) is 126 cm³/mol. The fraction of sp³-hybridized carbons (Fsp3) is 0.111. The molecule has 0 atom stereocenters. The SMILES string of the molecule is CC(NC(=O)COc1cccc(NC(=O)c2ccco2)c1)(c1ccccc1)c1ccccc1. The molecular formula is C27H24N2O4. The number of benzene rings is 3. The van der Waals surface area contributed by atoms with Crippen molar-refractivity contribution in [2.75, 3.05) is 11.9 Å². The molecule has 6 heteroatoms. The van der Waals surface area contributed by atoms with Crippen LogP contribution in [0.25, 0.3) is 0 Å². The van der Waals surface area contributed by atoms with E-state index in [1.165, 1.54) is 6.26 Å². The van der Waals surface area contributed by atoms with E-state index >= 15 is 0 Å². The molecule has 4 rings (SSSR count). The molecule has 0 unspecified atom stereocenters. The number of rotatable bonds is 8. The number of amides is 2. The van der Waals surface area contributed by atoms with E-state index < -0.39 is 5.54 Å². The highest BCUT2D eigenvalue weighted by Gasteiger charge is 2.30. The quantitative estimate of drug-likeness (QED) is 0.404. The maximum atomic E-state index is 12.9. The molecule has 0 bridgehead atoms. The summed E-state index contributed by atoms with van der Waals surface area (Å²) in [7, 11) is 0. The third-order valence-corrected chi connectivity index (χ3v) is 5.30. The fourth-order valence-electron chi connectivity index (χ4n) is 3.58. The predicted octanol–water partition coefficient (Wildman–Crippen LogP) is 4.99. The zero-order chi connectivity index (χ0) is 23.1. The number of hydrogen-bond acceptors (Lipinski definition) is 4. The van der Waals surface area contributed by atoms with Gasteiger partial charge in [0.05, 0.1) is 11.8 Å². The van der Waals surface area contributed by atoms with Crippen molar-refractivity contribution in [2.45, 2.75) is 12.5 Å². The van der Waals surface area contributed by atoms with Crippen LogP contribution in [0.3, 0.4) is 0 Å². The van der Waals surface area contributed by atoms with Gasteiger partial charge in [-0.2, -0.15) is 0 Å². The minimum atomic E-state index is -0.720. The van der Waals surface area contributed by atoms with Gasteiger partial charge in [-0.15, -0.1) is 0 Å². The molecule has 0 saturated carbocycles. The van der Waals surface area contributed by atoms with Gasteiger partial charge in [0.25, 0.3) is 11.8 Å². The smallest absolute Gasteiger partial charge is 0.291 e. The van der Waals surface area contributed by atoms with Gasteiger partial charge < -0.3 is 19.8 Å². The van der Waals surface area contributed by atoms with Crippen molar-refractivity contribution in [1.82, 2.24) is 5.32 Å². The van der Waals surface area contributed by atoms with Crippen molar-refractivity contribution in [3.05, 3.63) is 120 Å². The Morgan fingerprint density at radius 3 is 2.12 bits per heavy atom. The van der Waals surface area contributed by atoms with E-state index in [9.17, 15) is 9.59 Å². The Morgan fingerprint density at radius 2 is 1.52 bits per heavy atom. The minimum Gasteiger partial charge on any atom is -0.484 e. The zero-order valence-electron chi connectivity index (χ0n) is 18.2. The Balaban J connectivity index is 1.43. The molecule has 166 valence electrons. The Bertz CT molecular complexity index is 1170. The summed E-state index contributed by atoms with van der Waals surface area (Å²) in [5.74, 6) is 0.0388. The maximum Gasteiger partial charge on any atom is 0.291 e. The molecule has 0 fully saturated rings. The summed E-state index contributed by atoms with van der Waals surface area (Å²) in [4.78, 5) is 25.0. The molecule has 0 spiro atoms. The lowest BCUT2D eigenvalue weighted by Gasteiger charge is -2.32. The number of hydrogen-bond donors (Lipinski definition) is 2. The first-order chi connectivity index (χ1) is 16.0. The lowest BCUT2D eigenvalue weighted by atomic mass is 9.84. The Hall–Kier alpha value is -4.32. The highest BCUT2D eigenvalue weighted by molar-refractivity contribution is 6.02. The van der Waals surface area contributed by atoms with Crippen molar-refractivity contribution in [3.8, 4) is 5.75 Å². The van der Waals surface area contributed by atoms with E-state index in [-0.39, 0.29) is 24.2 Å². The number of carbonyl (C=O) groups excluding carboxylic acids is 2. The van der Waals surface area contributed by atoms with Crippen LogP contribution in [0.5, 0.6) is 5.75 Å². The van der Waals surface area contributed by atoms with Gasteiger partial charge in [0.1, 0.15) is 5.75 Å². The summed E-state index contributed by atoms with van der Waals surface area (Å²) in [6.07, 6.45) is 1.44. The Morgan fingerprint density at radius 1 is 0.848 bits per heavy atom. The summed E-state index contributed by atoms with van der Waals surface area (Å²) in [6, 6.07) is 29.7. The van der Waals surface area contributed by atoms with Gasteiger partial charge in [-0.05, 0) is 42.3 Å². The topological polar surface area (TPSA) is 80.6 Å². The molecule has 0 aliphatic heterocycles. The van der Waals surface area contributed by atoms with Crippen molar-refractivity contribution < 1.29 is 18.7 Å². The molecule has 2 N–H and O–H groups in total. The number of anilines is 1. The van der Waals surface area contributed by atoms with E-state index in [1.807, 2.05) is 67.6 Å². The van der Waals surface area contributed by atoms with Gasteiger partial charge >= 0.3 is 0 Å². The third-order valence-electron chi connectivity index (χ3n) is 5.30. The second-order valence-electron chi connectivity index (χ2n) is 7.65. The largest absolute Gasteiger partial charge is 0.484 e. The lowest BCUT2D eigenvalue weighted by molar-refractivity contribution is -0.124. The molecule has 1 aromatic heterocycles. The van der Waals surface area contributed by atoms with Crippen LogP contribution in [0.2, 0.25) is 0 Å². The first-order valence-corrected chi connectivity index (χ1v) is 10.5. The normalized spacial score (nSPS) is 10.9. The van der Waals surface area contributed by atoms with Gasteiger partial charge in [-0.25, -0.2) is 0 Å². The number of ether oxygens (including phenoxy) is 1. The molecule has 3 aromatic carbocycles. The molecule has 33 heavy (non-hydrogen) atoms. The summed E-state index contributed by atoms with van der Waals surface area (Å²) in [6.45, 7) is 1.80. The number of furan rings is 1. The lowest BCUT2D eigenvalue weighted by Crippen LogP contribution is -2.46. The summed E-state index contributed by atoms with van der Waals surface area (Å²) < 4.78 is 10.8.